The Bertz CT molecular complexity index is 401. The van der Waals surface area contributed by atoms with E-state index in [1.807, 2.05) is 0 Å². The van der Waals surface area contributed by atoms with Crippen LogP contribution in [0.15, 0.2) is 18.2 Å². The Labute approximate surface area is 119 Å². The maximum Gasteiger partial charge on any atom is 0.127 e. The predicted molar refractivity (Wildman–Crippen MR) is 76.9 cm³/mol. The molecule has 0 bridgehead atoms. The molecule has 0 amide bonds. The number of benzene rings is 1. The molecule has 0 aliphatic heterocycles. The van der Waals surface area contributed by atoms with Crippen molar-refractivity contribution in [3.8, 4) is 0 Å². The van der Waals surface area contributed by atoms with Gasteiger partial charge in [0.2, 0.25) is 0 Å². The first-order valence-corrected chi connectivity index (χ1v) is 7.60. The molecular weight excluding hydrogens is 263 g/mol. The topological polar surface area (TPSA) is 20.2 Å². The van der Waals surface area contributed by atoms with E-state index in [-0.39, 0.29) is 11.7 Å². The van der Waals surface area contributed by atoms with Crippen molar-refractivity contribution < 1.29 is 9.50 Å². The average molecular weight is 285 g/mol. The molecule has 1 aliphatic carbocycles. The van der Waals surface area contributed by atoms with Crippen LogP contribution in [0.4, 0.5) is 4.39 Å². The van der Waals surface area contributed by atoms with Gasteiger partial charge in [-0.3, -0.25) is 0 Å². The highest BCUT2D eigenvalue weighted by atomic mass is 35.5. The molecule has 0 heterocycles. The van der Waals surface area contributed by atoms with Crippen LogP contribution < -0.4 is 0 Å². The van der Waals surface area contributed by atoms with Crippen molar-refractivity contribution in [3.05, 3.63) is 34.6 Å². The van der Waals surface area contributed by atoms with Gasteiger partial charge in [-0.15, -0.1) is 0 Å². The molecule has 1 nitrogen and oxygen atoms in total. The van der Waals surface area contributed by atoms with Gasteiger partial charge < -0.3 is 5.11 Å². The average Bonchev–Trinajstić information content (AvgIpc) is 2.43. The van der Waals surface area contributed by atoms with Gasteiger partial charge in [0.1, 0.15) is 5.82 Å². The third-order valence-electron chi connectivity index (χ3n) is 4.42. The molecule has 1 saturated carbocycles. The number of aliphatic hydroxyl groups excluding tert-OH is 1. The van der Waals surface area contributed by atoms with E-state index >= 15 is 0 Å². The molecule has 1 aliphatic rings. The lowest BCUT2D eigenvalue weighted by Crippen LogP contribution is -2.28. The Morgan fingerprint density at radius 2 is 2.21 bits per heavy atom. The van der Waals surface area contributed by atoms with Crippen molar-refractivity contribution in [2.45, 2.75) is 51.6 Å². The maximum absolute atomic E-state index is 13.7. The zero-order valence-electron chi connectivity index (χ0n) is 11.4. The molecule has 0 aromatic heterocycles. The monoisotopic (exact) mass is 284 g/mol. The first-order valence-electron chi connectivity index (χ1n) is 7.22. The summed E-state index contributed by atoms with van der Waals surface area (Å²) in [5.74, 6) is 0.688. The smallest absolute Gasteiger partial charge is 0.127 e. The quantitative estimate of drug-likeness (QED) is 0.857. The van der Waals surface area contributed by atoms with E-state index in [0.717, 1.165) is 12.8 Å². The van der Waals surface area contributed by atoms with Crippen LogP contribution in [0.5, 0.6) is 0 Å². The van der Waals surface area contributed by atoms with Gasteiger partial charge in [-0.2, -0.15) is 0 Å². The van der Waals surface area contributed by atoms with E-state index in [9.17, 15) is 9.50 Å². The highest BCUT2D eigenvalue weighted by molar-refractivity contribution is 6.31. The first kappa shape index (κ1) is 14.8. The van der Waals surface area contributed by atoms with Crippen LogP contribution in [0.3, 0.4) is 0 Å². The zero-order chi connectivity index (χ0) is 13.8. The lowest BCUT2D eigenvalue weighted by Gasteiger charge is -2.32. The minimum atomic E-state index is -0.483. The Hall–Kier alpha value is -0.600. The lowest BCUT2D eigenvalue weighted by molar-refractivity contribution is 0.0678. The summed E-state index contributed by atoms with van der Waals surface area (Å²) in [6, 6.07) is 4.69. The number of hydrogen-bond acceptors (Lipinski definition) is 1. The fourth-order valence-electron chi connectivity index (χ4n) is 3.16. The third kappa shape index (κ3) is 3.70. The standard InChI is InChI=1S/C16H22ClFO/c1-2-11-5-3-6-12(9-11)16(19)10-13-14(17)7-4-8-15(13)18/h4,7-8,11-12,16,19H,2-3,5-6,9-10H2,1H3. The summed E-state index contributed by atoms with van der Waals surface area (Å²) < 4.78 is 13.7. The second-order valence-corrected chi connectivity index (χ2v) is 6.08. The third-order valence-corrected chi connectivity index (χ3v) is 4.77. The number of rotatable bonds is 4. The molecule has 0 radical (unpaired) electrons. The summed E-state index contributed by atoms with van der Waals surface area (Å²) in [5, 5.41) is 10.8. The second-order valence-electron chi connectivity index (χ2n) is 5.67. The maximum atomic E-state index is 13.7. The Balaban J connectivity index is 2.02. The van der Waals surface area contributed by atoms with Crippen LogP contribution in [0.25, 0.3) is 0 Å². The lowest BCUT2D eigenvalue weighted by atomic mass is 9.76. The summed E-state index contributed by atoms with van der Waals surface area (Å²) in [6.45, 7) is 2.20. The molecule has 0 saturated heterocycles. The minimum Gasteiger partial charge on any atom is -0.392 e. The van der Waals surface area contributed by atoms with Gasteiger partial charge in [-0.05, 0) is 36.8 Å². The Morgan fingerprint density at radius 1 is 1.42 bits per heavy atom. The molecule has 1 N–H and O–H groups in total. The fraction of sp³-hybridized carbons (Fsp3) is 0.625. The van der Waals surface area contributed by atoms with Crippen molar-refractivity contribution >= 4 is 11.6 Å². The molecule has 3 heteroatoms. The van der Waals surface area contributed by atoms with E-state index in [2.05, 4.69) is 6.92 Å². The van der Waals surface area contributed by atoms with Gasteiger partial charge >= 0.3 is 0 Å². The van der Waals surface area contributed by atoms with Gasteiger partial charge in [-0.25, -0.2) is 4.39 Å². The molecule has 2 rings (SSSR count). The van der Waals surface area contributed by atoms with E-state index < -0.39 is 6.10 Å². The number of halogens is 2. The van der Waals surface area contributed by atoms with Crippen LogP contribution in [0, 0.1) is 17.7 Å². The normalized spacial score (nSPS) is 25.3. The number of hydrogen-bond donors (Lipinski definition) is 1. The zero-order valence-corrected chi connectivity index (χ0v) is 12.2. The molecule has 106 valence electrons. The molecule has 3 atom stereocenters. The Morgan fingerprint density at radius 3 is 2.89 bits per heavy atom. The first-order chi connectivity index (χ1) is 9.11. The van der Waals surface area contributed by atoms with Crippen LogP contribution in [0.1, 0.15) is 44.6 Å². The minimum absolute atomic E-state index is 0.286. The van der Waals surface area contributed by atoms with Crippen molar-refractivity contribution in [3.63, 3.8) is 0 Å². The number of aliphatic hydroxyl groups is 1. The second kappa shape index (κ2) is 6.71. The highest BCUT2D eigenvalue weighted by Gasteiger charge is 2.27. The van der Waals surface area contributed by atoms with Crippen LogP contribution >= 0.6 is 11.6 Å². The molecule has 1 fully saturated rings. The van der Waals surface area contributed by atoms with E-state index in [4.69, 9.17) is 11.6 Å². The van der Waals surface area contributed by atoms with Gasteiger partial charge in [0.25, 0.3) is 0 Å². The molecule has 1 aromatic rings. The van der Waals surface area contributed by atoms with Crippen LogP contribution in [0.2, 0.25) is 5.02 Å². The summed E-state index contributed by atoms with van der Waals surface area (Å²) in [7, 11) is 0. The fourth-order valence-corrected chi connectivity index (χ4v) is 3.40. The molecule has 0 spiro atoms. The summed E-state index contributed by atoms with van der Waals surface area (Å²) in [5.41, 5.74) is 0.454. The van der Waals surface area contributed by atoms with Crippen LogP contribution in [-0.2, 0) is 6.42 Å². The van der Waals surface area contributed by atoms with Crippen molar-refractivity contribution in [1.29, 1.82) is 0 Å². The van der Waals surface area contributed by atoms with Crippen LogP contribution in [-0.4, -0.2) is 11.2 Å². The predicted octanol–water partition coefficient (Wildman–Crippen LogP) is 4.60. The Kier molecular flexibility index (Phi) is 5.23. The summed E-state index contributed by atoms with van der Waals surface area (Å²) >= 11 is 6.02. The molecule has 1 aromatic carbocycles. The van der Waals surface area contributed by atoms with Crippen molar-refractivity contribution in [1.82, 2.24) is 0 Å². The highest BCUT2D eigenvalue weighted by Crippen LogP contribution is 2.34. The summed E-state index contributed by atoms with van der Waals surface area (Å²) in [6.07, 6.45) is 5.55. The van der Waals surface area contributed by atoms with Gasteiger partial charge in [0.05, 0.1) is 6.10 Å². The van der Waals surface area contributed by atoms with Crippen molar-refractivity contribution in [2.75, 3.05) is 0 Å². The van der Waals surface area contributed by atoms with Crippen molar-refractivity contribution in [2.24, 2.45) is 11.8 Å². The molecule has 19 heavy (non-hydrogen) atoms. The largest absolute Gasteiger partial charge is 0.392 e. The summed E-state index contributed by atoms with van der Waals surface area (Å²) in [4.78, 5) is 0. The van der Waals surface area contributed by atoms with Gasteiger partial charge in [0.15, 0.2) is 0 Å². The van der Waals surface area contributed by atoms with E-state index in [1.165, 1.54) is 25.3 Å². The van der Waals surface area contributed by atoms with E-state index in [1.54, 1.807) is 12.1 Å². The van der Waals surface area contributed by atoms with E-state index in [0.29, 0.717) is 22.9 Å². The molecular formula is C16H22ClFO. The SMILES string of the molecule is CCC1CCCC(C(O)Cc2c(F)cccc2Cl)C1. The van der Waals surface area contributed by atoms with Gasteiger partial charge in [0, 0.05) is 17.0 Å². The van der Waals surface area contributed by atoms with Gasteiger partial charge in [-0.1, -0.05) is 43.9 Å². The molecule has 3 unspecified atom stereocenters.